The molecule has 1 aliphatic heterocycles. The molecule has 208 valence electrons. The number of thioether (sulfide) groups is 1. The van der Waals surface area contributed by atoms with Crippen LogP contribution < -0.4 is 14.8 Å². The van der Waals surface area contributed by atoms with Gasteiger partial charge in [-0.2, -0.15) is 13.2 Å². The summed E-state index contributed by atoms with van der Waals surface area (Å²) in [6, 6.07) is 15.3. The Hall–Kier alpha value is -3.77. The second kappa shape index (κ2) is 12.2. The van der Waals surface area contributed by atoms with Crippen LogP contribution in [0.1, 0.15) is 22.3 Å². The van der Waals surface area contributed by atoms with E-state index in [1.165, 1.54) is 19.3 Å². The van der Waals surface area contributed by atoms with Crippen molar-refractivity contribution in [2.45, 2.75) is 19.7 Å². The Morgan fingerprint density at radius 2 is 1.82 bits per heavy atom. The van der Waals surface area contributed by atoms with Gasteiger partial charge in [0.1, 0.15) is 13.2 Å². The lowest BCUT2D eigenvalue weighted by Gasteiger charge is -2.14. The Morgan fingerprint density at radius 1 is 1.07 bits per heavy atom. The fourth-order valence-electron chi connectivity index (χ4n) is 3.79. The molecular weight excluding hydrogens is 613 g/mol. The van der Waals surface area contributed by atoms with Crippen molar-refractivity contribution in [2.75, 3.05) is 19.0 Å². The van der Waals surface area contributed by atoms with Gasteiger partial charge in [0.05, 0.1) is 17.6 Å². The van der Waals surface area contributed by atoms with E-state index in [0.717, 1.165) is 34.2 Å². The van der Waals surface area contributed by atoms with Crippen molar-refractivity contribution in [3.05, 3.63) is 92.3 Å². The van der Waals surface area contributed by atoms with Crippen LogP contribution in [0.3, 0.4) is 0 Å². The van der Waals surface area contributed by atoms with Gasteiger partial charge in [-0.25, -0.2) is 0 Å². The fourth-order valence-corrected chi connectivity index (χ4v) is 5.06. The first-order valence-electron chi connectivity index (χ1n) is 11.7. The molecule has 3 aromatic carbocycles. The van der Waals surface area contributed by atoms with Crippen LogP contribution in [0.4, 0.5) is 23.7 Å². The van der Waals surface area contributed by atoms with Gasteiger partial charge >= 0.3 is 6.18 Å². The van der Waals surface area contributed by atoms with E-state index >= 15 is 0 Å². The van der Waals surface area contributed by atoms with Crippen LogP contribution in [-0.2, 0) is 22.4 Å². The largest absolute Gasteiger partial charge is 0.493 e. The van der Waals surface area contributed by atoms with Gasteiger partial charge < -0.3 is 14.8 Å². The summed E-state index contributed by atoms with van der Waals surface area (Å²) in [5.74, 6) is -0.658. The van der Waals surface area contributed by atoms with E-state index in [0.29, 0.717) is 39.9 Å². The third kappa shape index (κ3) is 7.05. The number of imide groups is 1. The molecule has 3 aromatic rings. The minimum absolute atomic E-state index is 0.0630. The van der Waals surface area contributed by atoms with Gasteiger partial charge in [-0.1, -0.05) is 51.8 Å². The van der Waals surface area contributed by atoms with Crippen LogP contribution in [0, 0.1) is 6.92 Å². The zero-order valence-electron chi connectivity index (χ0n) is 21.2. The molecular formula is C28H22BrF3N2O5S. The molecule has 1 N–H and O–H groups in total. The number of benzene rings is 3. The molecule has 12 heteroatoms. The maximum atomic E-state index is 12.9. The van der Waals surface area contributed by atoms with Gasteiger partial charge in [-0.15, -0.1) is 0 Å². The van der Waals surface area contributed by atoms with Gasteiger partial charge in [-0.3, -0.25) is 19.3 Å². The molecule has 40 heavy (non-hydrogen) atoms. The Bertz CT molecular complexity index is 1510. The van der Waals surface area contributed by atoms with Crippen molar-refractivity contribution in [3.63, 3.8) is 0 Å². The Kier molecular flexibility index (Phi) is 8.89. The number of carbonyl (C=O) groups excluding carboxylic acids is 3. The molecule has 0 bridgehead atoms. The van der Waals surface area contributed by atoms with Crippen LogP contribution in [0.2, 0.25) is 0 Å². The lowest BCUT2D eigenvalue weighted by molar-refractivity contribution is -0.137. The molecule has 0 aromatic heterocycles. The minimum atomic E-state index is -4.58. The van der Waals surface area contributed by atoms with Crippen LogP contribution in [-0.4, -0.2) is 35.6 Å². The van der Waals surface area contributed by atoms with Gasteiger partial charge in [0, 0.05) is 10.2 Å². The van der Waals surface area contributed by atoms with Crippen LogP contribution in [0.25, 0.3) is 6.08 Å². The quantitative estimate of drug-likeness (QED) is 0.268. The molecule has 4 rings (SSSR count). The van der Waals surface area contributed by atoms with E-state index in [-0.39, 0.29) is 10.6 Å². The Balaban J connectivity index is 1.46. The van der Waals surface area contributed by atoms with Gasteiger partial charge in [0.15, 0.2) is 11.5 Å². The topological polar surface area (TPSA) is 84.9 Å². The summed E-state index contributed by atoms with van der Waals surface area (Å²) in [5.41, 5.74) is 1.56. The maximum absolute atomic E-state index is 12.9. The summed E-state index contributed by atoms with van der Waals surface area (Å²) in [4.78, 5) is 38.7. The molecule has 0 radical (unpaired) electrons. The molecule has 3 amide bonds. The van der Waals surface area contributed by atoms with Crippen molar-refractivity contribution >= 4 is 56.5 Å². The standard InChI is InChI=1S/C28H22BrF3N2O5S/c1-16-5-3-6-17(9-16)15-39-23-13-21(29)18(10-22(23)38-2)11-24-26(36)34(27(37)40-24)14-25(35)33-20-8-4-7-19(12-20)28(30,31)32/h3-13H,14-15H2,1-2H3,(H,33,35)/b24-11-. The number of nitrogens with zero attached hydrogens (tertiary/aromatic N) is 1. The lowest BCUT2D eigenvalue weighted by atomic mass is 10.1. The van der Waals surface area contributed by atoms with Crippen LogP contribution in [0.5, 0.6) is 11.5 Å². The number of nitrogens with one attached hydrogen (secondary N) is 1. The van der Waals surface area contributed by atoms with Gasteiger partial charge in [0.2, 0.25) is 5.91 Å². The minimum Gasteiger partial charge on any atom is -0.493 e. The predicted octanol–water partition coefficient (Wildman–Crippen LogP) is 7.04. The highest BCUT2D eigenvalue weighted by atomic mass is 79.9. The van der Waals surface area contributed by atoms with E-state index in [2.05, 4.69) is 21.2 Å². The number of anilines is 1. The molecule has 0 aliphatic carbocycles. The lowest BCUT2D eigenvalue weighted by Crippen LogP contribution is -2.36. The number of rotatable bonds is 8. The van der Waals surface area contributed by atoms with Crippen molar-refractivity contribution in [2.24, 2.45) is 0 Å². The third-order valence-electron chi connectivity index (χ3n) is 5.70. The van der Waals surface area contributed by atoms with E-state index in [4.69, 9.17) is 9.47 Å². The SMILES string of the molecule is COc1cc(/C=C2\SC(=O)N(CC(=O)Nc3cccc(C(F)(F)F)c3)C2=O)c(Br)cc1OCc1cccc(C)c1. The van der Waals surface area contributed by atoms with E-state index in [9.17, 15) is 27.6 Å². The molecule has 7 nitrogen and oxygen atoms in total. The van der Waals surface area contributed by atoms with Gasteiger partial charge in [0.25, 0.3) is 11.1 Å². The highest BCUT2D eigenvalue weighted by Crippen LogP contribution is 2.38. The molecule has 0 spiro atoms. The van der Waals surface area contributed by atoms with E-state index in [1.807, 2.05) is 31.2 Å². The molecule has 1 saturated heterocycles. The van der Waals surface area contributed by atoms with E-state index < -0.39 is 35.3 Å². The predicted molar refractivity (Wildman–Crippen MR) is 149 cm³/mol. The van der Waals surface area contributed by atoms with Crippen molar-refractivity contribution in [1.29, 1.82) is 0 Å². The Labute approximate surface area is 240 Å². The molecule has 0 saturated carbocycles. The summed E-state index contributed by atoms with van der Waals surface area (Å²) in [6.45, 7) is 1.64. The Morgan fingerprint density at radius 3 is 2.52 bits per heavy atom. The zero-order chi connectivity index (χ0) is 29.0. The number of carbonyl (C=O) groups is 3. The van der Waals surface area contributed by atoms with Crippen molar-refractivity contribution in [1.82, 2.24) is 4.90 Å². The maximum Gasteiger partial charge on any atom is 0.416 e. The molecule has 1 aliphatic rings. The molecule has 1 heterocycles. The first-order valence-corrected chi connectivity index (χ1v) is 13.3. The average molecular weight is 635 g/mol. The smallest absolute Gasteiger partial charge is 0.416 e. The van der Waals surface area contributed by atoms with E-state index in [1.54, 1.807) is 12.1 Å². The first kappa shape index (κ1) is 29.2. The van der Waals surface area contributed by atoms with Crippen molar-refractivity contribution in [3.8, 4) is 11.5 Å². The number of methoxy groups -OCH3 is 1. The van der Waals surface area contributed by atoms with Crippen LogP contribution >= 0.6 is 27.7 Å². The number of hydrogen-bond acceptors (Lipinski definition) is 6. The van der Waals surface area contributed by atoms with Crippen molar-refractivity contribution < 1.29 is 37.0 Å². The summed E-state index contributed by atoms with van der Waals surface area (Å²) >= 11 is 4.10. The number of ether oxygens (including phenoxy) is 2. The highest BCUT2D eigenvalue weighted by Gasteiger charge is 2.37. The second-order valence-electron chi connectivity index (χ2n) is 8.70. The van der Waals surface area contributed by atoms with Gasteiger partial charge in [-0.05, 0) is 66.2 Å². The normalized spacial score (nSPS) is 14.6. The zero-order valence-corrected chi connectivity index (χ0v) is 23.6. The summed E-state index contributed by atoms with van der Waals surface area (Å²) in [5, 5.41) is 1.61. The summed E-state index contributed by atoms with van der Waals surface area (Å²) in [6.07, 6.45) is -3.10. The average Bonchev–Trinajstić information content (AvgIpc) is 3.15. The molecule has 0 unspecified atom stereocenters. The molecule has 1 fully saturated rings. The number of alkyl halides is 3. The highest BCUT2D eigenvalue weighted by molar-refractivity contribution is 9.10. The number of aryl methyl sites for hydroxylation is 1. The summed E-state index contributed by atoms with van der Waals surface area (Å²) < 4.78 is 50.8. The fraction of sp³-hybridized carbons (Fsp3) is 0.179. The number of hydrogen-bond donors (Lipinski definition) is 1. The third-order valence-corrected chi connectivity index (χ3v) is 7.29. The van der Waals surface area contributed by atoms with Crippen LogP contribution in [0.15, 0.2) is 70.0 Å². The monoisotopic (exact) mass is 634 g/mol. The first-order chi connectivity index (χ1) is 18.9. The number of halogens is 4. The number of amides is 3. The molecule has 0 atom stereocenters. The summed E-state index contributed by atoms with van der Waals surface area (Å²) in [7, 11) is 1.48. The second-order valence-corrected chi connectivity index (χ2v) is 10.5.